The summed E-state index contributed by atoms with van der Waals surface area (Å²) in [7, 11) is 0. The number of benzene rings is 2. The first-order chi connectivity index (χ1) is 12.2. The van der Waals surface area contributed by atoms with Crippen LogP contribution in [0.2, 0.25) is 0 Å². The zero-order valence-corrected chi connectivity index (χ0v) is 13.3. The van der Waals surface area contributed by atoms with Crippen LogP contribution in [-0.2, 0) is 0 Å². The number of aldehydes is 1. The highest BCUT2D eigenvalue weighted by molar-refractivity contribution is 6.07. The van der Waals surface area contributed by atoms with E-state index >= 15 is 0 Å². The van der Waals surface area contributed by atoms with Crippen LogP contribution < -0.4 is 0 Å². The number of aromatic nitrogens is 2. The lowest BCUT2D eigenvalue weighted by Crippen LogP contribution is -2.00. The van der Waals surface area contributed by atoms with Crippen molar-refractivity contribution in [2.24, 2.45) is 0 Å². The standard InChI is InChI=1S/C21H14N2O2/c24-14-15-5-4-8-17(11-15)18-9-10-20-22-19(13-23(20)12-18)21(25)16-6-2-1-3-7-16/h1-14H. The van der Waals surface area contributed by atoms with Gasteiger partial charge in [-0.3, -0.25) is 9.59 Å². The van der Waals surface area contributed by atoms with Gasteiger partial charge in [-0.1, -0.05) is 48.5 Å². The van der Waals surface area contributed by atoms with Crippen molar-refractivity contribution in [3.8, 4) is 11.1 Å². The first-order valence-electron chi connectivity index (χ1n) is 7.89. The Balaban J connectivity index is 1.74. The van der Waals surface area contributed by atoms with Gasteiger partial charge in [0.1, 0.15) is 17.6 Å². The SMILES string of the molecule is O=Cc1cccc(-c2ccc3nc(C(=O)c4ccccc4)cn3c2)c1. The molecular weight excluding hydrogens is 312 g/mol. The summed E-state index contributed by atoms with van der Waals surface area (Å²) in [5, 5.41) is 0. The fourth-order valence-electron chi connectivity index (χ4n) is 2.80. The summed E-state index contributed by atoms with van der Waals surface area (Å²) in [6, 6.07) is 20.3. The summed E-state index contributed by atoms with van der Waals surface area (Å²) >= 11 is 0. The van der Waals surface area contributed by atoms with Gasteiger partial charge in [-0.15, -0.1) is 0 Å². The van der Waals surface area contributed by atoms with E-state index in [-0.39, 0.29) is 5.78 Å². The van der Waals surface area contributed by atoms with Crippen molar-refractivity contribution in [3.05, 3.63) is 95.9 Å². The van der Waals surface area contributed by atoms with E-state index in [1.807, 2.05) is 59.1 Å². The predicted octanol–water partition coefficient (Wildman–Crippen LogP) is 4.04. The third kappa shape index (κ3) is 2.85. The van der Waals surface area contributed by atoms with Crippen LogP contribution in [0.3, 0.4) is 0 Å². The number of fused-ring (bicyclic) bond motifs is 1. The van der Waals surface area contributed by atoms with Crippen molar-refractivity contribution in [1.29, 1.82) is 0 Å². The average molecular weight is 326 g/mol. The lowest BCUT2D eigenvalue weighted by atomic mass is 10.1. The largest absolute Gasteiger partial charge is 0.306 e. The molecule has 0 radical (unpaired) electrons. The molecule has 2 aromatic heterocycles. The Kier molecular flexibility index (Phi) is 3.71. The number of pyridine rings is 1. The van der Waals surface area contributed by atoms with E-state index in [9.17, 15) is 9.59 Å². The zero-order chi connectivity index (χ0) is 17.2. The number of imidazole rings is 1. The highest BCUT2D eigenvalue weighted by Crippen LogP contribution is 2.21. The maximum absolute atomic E-state index is 12.5. The number of hydrogen-bond donors (Lipinski definition) is 0. The van der Waals surface area contributed by atoms with Crippen molar-refractivity contribution in [2.45, 2.75) is 0 Å². The van der Waals surface area contributed by atoms with Crippen molar-refractivity contribution in [3.63, 3.8) is 0 Å². The second kappa shape index (κ2) is 6.17. The average Bonchev–Trinajstić information content (AvgIpc) is 3.11. The van der Waals surface area contributed by atoms with Crippen LogP contribution in [0.5, 0.6) is 0 Å². The van der Waals surface area contributed by atoms with E-state index in [0.29, 0.717) is 22.5 Å². The molecule has 0 N–H and O–H groups in total. The Morgan fingerprint density at radius 3 is 2.52 bits per heavy atom. The molecule has 0 bridgehead atoms. The van der Waals surface area contributed by atoms with E-state index in [1.54, 1.807) is 24.4 Å². The van der Waals surface area contributed by atoms with Crippen molar-refractivity contribution in [2.75, 3.05) is 0 Å². The summed E-state index contributed by atoms with van der Waals surface area (Å²) in [5.41, 5.74) is 4.25. The molecule has 0 aliphatic rings. The number of nitrogens with zero attached hydrogens (tertiary/aromatic N) is 2. The third-order valence-electron chi connectivity index (χ3n) is 4.08. The predicted molar refractivity (Wildman–Crippen MR) is 95.9 cm³/mol. The van der Waals surface area contributed by atoms with Gasteiger partial charge in [0.2, 0.25) is 5.78 Å². The number of ketones is 1. The fraction of sp³-hybridized carbons (Fsp3) is 0. The molecule has 0 unspecified atom stereocenters. The molecule has 0 saturated carbocycles. The highest BCUT2D eigenvalue weighted by Gasteiger charge is 2.13. The van der Waals surface area contributed by atoms with E-state index in [0.717, 1.165) is 17.4 Å². The number of carbonyl (C=O) groups excluding carboxylic acids is 2. The lowest BCUT2D eigenvalue weighted by Gasteiger charge is -2.03. The minimum Gasteiger partial charge on any atom is -0.306 e. The second-order valence-electron chi connectivity index (χ2n) is 5.75. The first kappa shape index (κ1) is 15.0. The Labute approximate surface area is 144 Å². The van der Waals surface area contributed by atoms with Crippen LogP contribution in [0.4, 0.5) is 0 Å². The summed E-state index contributed by atoms with van der Waals surface area (Å²) < 4.78 is 1.83. The quantitative estimate of drug-likeness (QED) is 0.420. The maximum Gasteiger partial charge on any atom is 0.212 e. The van der Waals surface area contributed by atoms with Gasteiger partial charge in [0.25, 0.3) is 0 Å². The second-order valence-corrected chi connectivity index (χ2v) is 5.75. The van der Waals surface area contributed by atoms with Crippen LogP contribution in [0.1, 0.15) is 26.4 Å². The molecule has 4 rings (SSSR count). The summed E-state index contributed by atoms with van der Waals surface area (Å²) in [6.07, 6.45) is 4.47. The molecule has 0 aliphatic heterocycles. The molecule has 0 fully saturated rings. The Morgan fingerprint density at radius 2 is 1.72 bits per heavy atom. The number of carbonyl (C=O) groups is 2. The lowest BCUT2D eigenvalue weighted by molar-refractivity contribution is 0.103. The van der Waals surface area contributed by atoms with Gasteiger partial charge >= 0.3 is 0 Å². The molecule has 4 nitrogen and oxygen atoms in total. The van der Waals surface area contributed by atoms with Crippen LogP contribution in [0.25, 0.3) is 16.8 Å². The van der Waals surface area contributed by atoms with E-state index in [1.165, 1.54) is 0 Å². The molecule has 25 heavy (non-hydrogen) atoms. The Hall–Kier alpha value is -3.53. The Morgan fingerprint density at radius 1 is 0.880 bits per heavy atom. The molecule has 0 aliphatic carbocycles. The van der Waals surface area contributed by atoms with Gasteiger partial charge < -0.3 is 4.40 Å². The maximum atomic E-state index is 12.5. The molecule has 0 saturated heterocycles. The summed E-state index contributed by atoms with van der Waals surface area (Å²) in [5.74, 6) is -0.103. The minimum absolute atomic E-state index is 0.103. The third-order valence-corrected chi connectivity index (χ3v) is 4.08. The molecule has 0 spiro atoms. The molecule has 120 valence electrons. The van der Waals surface area contributed by atoms with Gasteiger partial charge in [-0.25, -0.2) is 4.98 Å². The Bertz CT molecular complexity index is 1080. The van der Waals surface area contributed by atoms with Gasteiger partial charge in [-0.2, -0.15) is 0 Å². The van der Waals surface area contributed by atoms with Gasteiger partial charge in [0.05, 0.1) is 0 Å². The molecule has 2 heterocycles. The van der Waals surface area contributed by atoms with Gasteiger partial charge in [-0.05, 0) is 29.3 Å². The van der Waals surface area contributed by atoms with E-state index in [2.05, 4.69) is 4.98 Å². The monoisotopic (exact) mass is 326 g/mol. The topological polar surface area (TPSA) is 51.4 Å². The summed E-state index contributed by atoms with van der Waals surface area (Å²) in [4.78, 5) is 27.9. The molecular formula is C21H14N2O2. The highest BCUT2D eigenvalue weighted by atomic mass is 16.1. The first-order valence-corrected chi connectivity index (χ1v) is 7.89. The van der Waals surface area contributed by atoms with Gasteiger partial charge in [0.15, 0.2) is 0 Å². The van der Waals surface area contributed by atoms with E-state index < -0.39 is 0 Å². The van der Waals surface area contributed by atoms with Crippen LogP contribution >= 0.6 is 0 Å². The number of rotatable bonds is 4. The van der Waals surface area contributed by atoms with Crippen molar-refractivity contribution >= 4 is 17.7 Å². The molecule has 4 aromatic rings. The zero-order valence-electron chi connectivity index (χ0n) is 13.3. The normalized spacial score (nSPS) is 10.7. The van der Waals surface area contributed by atoms with Crippen molar-refractivity contribution < 1.29 is 9.59 Å². The van der Waals surface area contributed by atoms with Crippen LogP contribution in [0.15, 0.2) is 79.1 Å². The fourth-order valence-corrected chi connectivity index (χ4v) is 2.80. The molecule has 0 amide bonds. The van der Waals surface area contributed by atoms with E-state index in [4.69, 9.17) is 0 Å². The van der Waals surface area contributed by atoms with Crippen LogP contribution in [-0.4, -0.2) is 21.5 Å². The van der Waals surface area contributed by atoms with Gasteiger partial charge in [0, 0.05) is 23.5 Å². The molecule has 4 heteroatoms. The molecule has 2 aromatic carbocycles. The molecule has 0 atom stereocenters. The smallest absolute Gasteiger partial charge is 0.212 e. The number of hydrogen-bond acceptors (Lipinski definition) is 3. The summed E-state index contributed by atoms with van der Waals surface area (Å²) in [6.45, 7) is 0. The minimum atomic E-state index is -0.103. The van der Waals surface area contributed by atoms with Crippen LogP contribution in [0, 0.1) is 0 Å². The van der Waals surface area contributed by atoms with Crippen molar-refractivity contribution in [1.82, 2.24) is 9.38 Å².